The van der Waals surface area contributed by atoms with Gasteiger partial charge in [0.2, 0.25) is 5.62 Å². The molecular weight excluding hydrogens is 298 g/mol. The molecule has 0 saturated heterocycles. The van der Waals surface area contributed by atoms with E-state index in [1.54, 1.807) is 11.6 Å². The molecule has 1 aromatic heterocycles. The Morgan fingerprint density at radius 3 is 2.32 bits per heavy atom. The zero-order valence-corrected chi connectivity index (χ0v) is 13.1. The van der Waals surface area contributed by atoms with Gasteiger partial charge in [-0.15, -0.1) is 4.40 Å². The third-order valence-corrected chi connectivity index (χ3v) is 3.82. The number of nitrogens with zero attached hydrogens (tertiary/aromatic N) is 3. The standard InChI is InChI=1S/C16H15N3O2S/c1-19-14-11-7-6-10-13(14)15(12-8-4-3-5-9-12)17-16(19)18-22(2,20)21/h3-11H,1-2H3. The van der Waals surface area contributed by atoms with Crippen molar-refractivity contribution >= 4 is 20.9 Å². The van der Waals surface area contributed by atoms with Crippen LogP contribution in [0.5, 0.6) is 0 Å². The molecule has 0 fully saturated rings. The summed E-state index contributed by atoms with van der Waals surface area (Å²) in [6.45, 7) is 0. The Bertz CT molecular complexity index is 1010. The molecule has 0 aliphatic rings. The molecule has 0 aliphatic carbocycles. The third kappa shape index (κ3) is 2.78. The SMILES string of the molecule is Cn1c(=NS(C)(=O)=O)nc(-c2ccccc2)c2ccccc21. The highest BCUT2D eigenvalue weighted by Gasteiger charge is 2.10. The van der Waals surface area contributed by atoms with Crippen LogP contribution in [0, 0.1) is 0 Å². The molecule has 6 heteroatoms. The summed E-state index contributed by atoms with van der Waals surface area (Å²) in [5, 5.41) is 0.948. The van der Waals surface area contributed by atoms with Crippen LogP contribution in [0.2, 0.25) is 0 Å². The van der Waals surface area contributed by atoms with Gasteiger partial charge >= 0.3 is 0 Å². The fourth-order valence-corrected chi connectivity index (χ4v) is 2.82. The Morgan fingerprint density at radius 1 is 1.00 bits per heavy atom. The molecule has 0 unspecified atom stereocenters. The van der Waals surface area contributed by atoms with Crippen LogP contribution in [-0.2, 0) is 17.1 Å². The number of benzene rings is 2. The van der Waals surface area contributed by atoms with Gasteiger partial charge < -0.3 is 4.57 Å². The predicted molar refractivity (Wildman–Crippen MR) is 86.6 cm³/mol. The number of rotatable bonds is 2. The molecule has 0 saturated carbocycles. The first-order valence-corrected chi connectivity index (χ1v) is 8.58. The van der Waals surface area contributed by atoms with Crippen LogP contribution in [0.15, 0.2) is 59.0 Å². The van der Waals surface area contributed by atoms with Crippen LogP contribution >= 0.6 is 0 Å². The molecule has 112 valence electrons. The number of aryl methyl sites for hydroxylation is 1. The minimum atomic E-state index is -3.53. The van der Waals surface area contributed by atoms with Crippen molar-refractivity contribution in [2.45, 2.75) is 0 Å². The van der Waals surface area contributed by atoms with Gasteiger partial charge in [-0.2, -0.15) is 0 Å². The molecule has 3 rings (SSSR count). The van der Waals surface area contributed by atoms with Crippen LogP contribution in [-0.4, -0.2) is 24.2 Å². The van der Waals surface area contributed by atoms with Crippen molar-refractivity contribution in [2.24, 2.45) is 11.4 Å². The maximum absolute atomic E-state index is 11.5. The normalized spacial score (nSPS) is 12.7. The van der Waals surface area contributed by atoms with Gasteiger partial charge in [0.1, 0.15) is 0 Å². The summed E-state index contributed by atoms with van der Waals surface area (Å²) >= 11 is 0. The van der Waals surface area contributed by atoms with Gasteiger partial charge in [0.05, 0.1) is 17.5 Å². The number of hydrogen-bond donors (Lipinski definition) is 0. The summed E-state index contributed by atoms with van der Waals surface area (Å²) in [5.41, 5.74) is 2.68. The topological polar surface area (TPSA) is 64.3 Å². The van der Waals surface area contributed by atoms with E-state index in [0.717, 1.165) is 28.4 Å². The summed E-state index contributed by atoms with van der Waals surface area (Å²) in [7, 11) is -1.77. The zero-order chi connectivity index (χ0) is 15.7. The molecule has 1 heterocycles. The fraction of sp³-hybridized carbons (Fsp3) is 0.125. The Morgan fingerprint density at radius 2 is 1.64 bits per heavy atom. The van der Waals surface area contributed by atoms with Crippen LogP contribution < -0.4 is 5.62 Å². The number of sulfonamides is 1. The minimum absolute atomic E-state index is 0.167. The highest BCUT2D eigenvalue weighted by atomic mass is 32.2. The lowest BCUT2D eigenvalue weighted by molar-refractivity contribution is 0.600. The van der Waals surface area contributed by atoms with Crippen molar-refractivity contribution in [3.8, 4) is 11.3 Å². The van der Waals surface area contributed by atoms with E-state index in [2.05, 4.69) is 9.38 Å². The average molecular weight is 313 g/mol. The highest BCUT2D eigenvalue weighted by Crippen LogP contribution is 2.24. The Labute approximate surface area is 128 Å². The van der Waals surface area contributed by atoms with Crippen LogP contribution in [0.4, 0.5) is 0 Å². The van der Waals surface area contributed by atoms with E-state index >= 15 is 0 Å². The summed E-state index contributed by atoms with van der Waals surface area (Å²) in [5.74, 6) is 0. The molecule has 2 aromatic carbocycles. The maximum Gasteiger partial charge on any atom is 0.253 e. The molecule has 0 radical (unpaired) electrons. The van der Waals surface area contributed by atoms with E-state index < -0.39 is 10.0 Å². The number of hydrogen-bond acceptors (Lipinski definition) is 3. The Balaban J connectivity index is 2.47. The molecule has 0 N–H and O–H groups in total. The Kier molecular flexibility index (Phi) is 3.54. The first kappa shape index (κ1) is 14.5. The summed E-state index contributed by atoms with van der Waals surface area (Å²) in [6.07, 6.45) is 1.06. The van der Waals surface area contributed by atoms with Crippen molar-refractivity contribution < 1.29 is 8.42 Å². The second kappa shape index (κ2) is 5.38. The van der Waals surface area contributed by atoms with E-state index in [-0.39, 0.29) is 5.62 Å². The molecule has 0 spiro atoms. The van der Waals surface area contributed by atoms with E-state index in [1.165, 1.54) is 0 Å². The third-order valence-electron chi connectivity index (χ3n) is 3.33. The van der Waals surface area contributed by atoms with Crippen LogP contribution in [0.1, 0.15) is 0 Å². The molecule has 22 heavy (non-hydrogen) atoms. The largest absolute Gasteiger partial charge is 0.312 e. The van der Waals surface area contributed by atoms with Gasteiger partial charge in [0, 0.05) is 18.0 Å². The van der Waals surface area contributed by atoms with Crippen molar-refractivity contribution in [1.82, 2.24) is 9.55 Å². The zero-order valence-electron chi connectivity index (χ0n) is 12.3. The van der Waals surface area contributed by atoms with Crippen molar-refractivity contribution in [1.29, 1.82) is 0 Å². The number of fused-ring (bicyclic) bond motifs is 1. The first-order chi connectivity index (χ1) is 10.5. The van der Waals surface area contributed by atoms with Crippen molar-refractivity contribution in [3.63, 3.8) is 0 Å². The van der Waals surface area contributed by atoms with Gasteiger partial charge in [-0.25, -0.2) is 13.4 Å². The first-order valence-electron chi connectivity index (χ1n) is 6.73. The van der Waals surface area contributed by atoms with Crippen LogP contribution in [0.25, 0.3) is 22.2 Å². The average Bonchev–Trinajstić information content (AvgIpc) is 2.50. The van der Waals surface area contributed by atoms with Gasteiger partial charge in [-0.3, -0.25) is 0 Å². The molecular formula is C16H15N3O2S. The van der Waals surface area contributed by atoms with Gasteiger partial charge in [0.25, 0.3) is 10.0 Å². The maximum atomic E-state index is 11.5. The van der Waals surface area contributed by atoms with E-state index in [9.17, 15) is 8.42 Å². The van der Waals surface area contributed by atoms with Crippen molar-refractivity contribution in [2.75, 3.05) is 6.26 Å². The van der Waals surface area contributed by atoms with Gasteiger partial charge in [-0.05, 0) is 6.07 Å². The van der Waals surface area contributed by atoms with E-state index in [0.29, 0.717) is 0 Å². The predicted octanol–water partition coefficient (Wildman–Crippen LogP) is 2.10. The number of para-hydroxylation sites is 1. The lowest BCUT2D eigenvalue weighted by Crippen LogP contribution is -2.24. The summed E-state index contributed by atoms with van der Waals surface area (Å²) in [4.78, 5) is 4.47. The molecule has 0 bridgehead atoms. The lowest BCUT2D eigenvalue weighted by Gasteiger charge is -2.10. The van der Waals surface area contributed by atoms with Crippen molar-refractivity contribution in [3.05, 3.63) is 60.2 Å². The number of aromatic nitrogens is 2. The molecule has 0 amide bonds. The summed E-state index contributed by atoms with van der Waals surface area (Å²) < 4.78 is 28.5. The highest BCUT2D eigenvalue weighted by molar-refractivity contribution is 7.89. The van der Waals surface area contributed by atoms with Crippen LogP contribution in [0.3, 0.4) is 0 Å². The molecule has 3 aromatic rings. The molecule has 0 aliphatic heterocycles. The molecule has 5 nitrogen and oxygen atoms in total. The smallest absolute Gasteiger partial charge is 0.253 e. The Hall–Kier alpha value is -2.47. The minimum Gasteiger partial charge on any atom is -0.312 e. The quantitative estimate of drug-likeness (QED) is 0.728. The lowest BCUT2D eigenvalue weighted by atomic mass is 10.1. The van der Waals surface area contributed by atoms with E-state index in [1.807, 2.05) is 54.6 Å². The fourth-order valence-electron chi connectivity index (χ4n) is 2.36. The second-order valence-electron chi connectivity index (χ2n) is 5.03. The summed E-state index contributed by atoms with van der Waals surface area (Å²) in [6, 6.07) is 17.4. The van der Waals surface area contributed by atoms with Gasteiger partial charge in [0.15, 0.2) is 0 Å². The molecule has 0 atom stereocenters. The van der Waals surface area contributed by atoms with E-state index in [4.69, 9.17) is 0 Å². The van der Waals surface area contributed by atoms with Gasteiger partial charge in [-0.1, -0.05) is 48.5 Å². The monoisotopic (exact) mass is 313 g/mol. The second-order valence-corrected chi connectivity index (χ2v) is 6.68.